The van der Waals surface area contributed by atoms with E-state index < -0.39 is 0 Å². The molecular weight excluding hydrogens is 140 g/mol. The molecule has 0 unspecified atom stereocenters. The fourth-order valence-electron chi connectivity index (χ4n) is 0.904. The summed E-state index contributed by atoms with van der Waals surface area (Å²) in [5.41, 5.74) is 0. The third kappa shape index (κ3) is 2.62. The van der Waals surface area contributed by atoms with Crippen molar-refractivity contribution in [3.63, 3.8) is 0 Å². The highest BCUT2D eigenvalue weighted by atomic mass is 16.5. The van der Waals surface area contributed by atoms with E-state index in [-0.39, 0.29) is 11.7 Å². The highest BCUT2D eigenvalue weighted by molar-refractivity contribution is 5.81. The number of carbonyl (C=O) groups is 1. The monoisotopic (exact) mass is 156 g/mol. The van der Waals surface area contributed by atoms with Gasteiger partial charge >= 0.3 is 0 Å². The Morgan fingerprint density at radius 2 is 2.18 bits per heavy atom. The van der Waals surface area contributed by atoms with Crippen molar-refractivity contribution >= 4 is 5.78 Å². The topological polar surface area (TPSA) is 26.3 Å². The summed E-state index contributed by atoms with van der Waals surface area (Å²) in [6.07, 6.45) is 3.94. The molecule has 0 spiro atoms. The molecule has 0 aromatic rings. The average molecular weight is 156 g/mol. The first-order valence-electron chi connectivity index (χ1n) is 4.34. The summed E-state index contributed by atoms with van der Waals surface area (Å²) < 4.78 is 5.35. The third-order valence-corrected chi connectivity index (χ3v) is 2.16. The third-order valence-electron chi connectivity index (χ3n) is 2.16. The van der Waals surface area contributed by atoms with E-state index in [9.17, 15) is 4.79 Å². The molecule has 0 aliphatic heterocycles. The van der Waals surface area contributed by atoms with E-state index in [0.717, 1.165) is 12.8 Å². The van der Waals surface area contributed by atoms with Gasteiger partial charge in [0.25, 0.3) is 0 Å². The van der Waals surface area contributed by atoms with E-state index in [1.807, 2.05) is 13.8 Å². The Hall–Kier alpha value is -0.370. The molecule has 0 aromatic carbocycles. The summed E-state index contributed by atoms with van der Waals surface area (Å²) in [5.74, 6) is 0.340. The van der Waals surface area contributed by atoms with Gasteiger partial charge in [-0.2, -0.15) is 0 Å². The van der Waals surface area contributed by atoms with Crippen LogP contribution in [0.25, 0.3) is 0 Å². The van der Waals surface area contributed by atoms with Gasteiger partial charge < -0.3 is 4.74 Å². The summed E-state index contributed by atoms with van der Waals surface area (Å²) in [6, 6.07) is 0. The quantitative estimate of drug-likeness (QED) is 0.620. The Kier molecular flexibility index (Phi) is 3.06. The maximum Gasteiger partial charge on any atom is 0.160 e. The predicted molar refractivity (Wildman–Crippen MR) is 43.4 cm³/mol. The Labute approximate surface area is 67.9 Å². The van der Waals surface area contributed by atoms with Gasteiger partial charge in [0.2, 0.25) is 0 Å². The van der Waals surface area contributed by atoms with Crippen LogP contribution in [0.1, 0.15) is 33.1 Å². The molecule has 1 aliphatic carbocycles. The van der Waals surface area contributed by atoms with E-state index in [2.05, 4.69) is 0 Å². The number of hydrogen-bond donors (Lipinski definition) is 0. The molecule has 2 nitrogen and oxygen atoms in total. The first-order chi connectivity index (χ1) is 5.20. The van der Waals surface area contributed by atoms with Gasteiger partial charge in [-0.1, -0.05) is 13.8 Å². The first-order valence-corrected chi connectivity index (χ1v) is 4.34. The van der Waals surface area contributed by atoms with Crippen LogP contribution in [-0.2, 0) is 9.53 Å². The second-order valence-corrected chi connectivity index (χ2v) is 3.48. The highest BCUT2D eigenvalue weighted by Gasteiger charge is 2.19. The lowest BCUT2D eigenvalue weighted by atomic mass is 9.96. The highest BCUT2D eigenvalue weighted by Crippen LogP contribution is 2.21. The average Bonchev–Trinajstić information content (AvgIpc) is 1.83. The van der Waals surface area contributed by atoms with Crippen molar-refractivity contribution in [3.8, 4) is 0 Å². The molecule has 0 aromatic heterocycles. The molecule has 0 saturated heterocycles. The van der Waals surface area contributed by atoms with Crippen LogP contribution in [-0.4, -0.2) is 18.5 Å². The van der Waals surface area contributed by atoms with Crippen molar-refractivity contribution in [3.05, 3.63) is 0 Å². The van der Waals surface area contributed by atoms with Crippen LogP contribution in [0.5, 0.6) is 0 Å². The van der Waals surface area contributed by atoms with E-state index in [0.29, 0.717) is 12.7 Å². The number of hydrogen-bond acceptors (Lipinski definition) is 2. The predicted octanol–water partition coefficient (Wildman–Crippen LogP) is 1.78. The number of Topliss-reactive ketones (excluding diaryl/α,β-unsaturated/α-hetero) is 1. The van der Waals surface area contributed by atoms with Gasteiger partial charge in [0.05, 0.1) is 6.10 Å². The molecule has 11 heavy (non-hydrogen) atoms. The summed E-state index contributed by atoms with van der Waals surface area (Å²) >= 11 is 0. The summed E-state index contributed by atoms with van der Waals surface area (Å²) in [7, 11) is 0. The van der Waals surface area contributed by atoms with Crippen LogP contribution >= 0.6 is 0 Å². The largest absolute Gasteiger partial charge is 0.370 e. The lowest BCUT2D eigenvalue weighted by Crippen LogP contribution is -2.26. The molecular formula is C9H16O2. The Balaban J connectivity index is 2.06. The number of rotatable bonds is 4. The molecule has 1 aliphatic rings. The van der Waals surface area contributed by atoms with Gasteiger partial charge in [0, 0.05) is 5.92 Å². The first kappa shape index (κ1) is 8.72. The van der Waals surface area contributed by atoms with Crippen molar-refractivity contribution in [1.82, 2.24) is 0 Å². The molecule has 0 bridgehead atoms. The van der Waals surface area contributed by atoms with Gasteiger partial charge in [-0.15, -0.1) is 0 Å². The van der Waals surface area contributed by atoms with Gasteiger partial charge in [-0.25, -0.2) is 0 Å². The smallest absolute Gasteiger partial charge is 0.160 e. The minimum Gasteiger partial charge on any atom is -0.370 e. The van der Waals surface area contributed by atoms with Crippen molar-refractivity contribution < 1.29 is 9.53 Å². The summed E-state index contributed by atoms with van der Waals surface area (Å²) in [5, 5.41) is 0. The van der Waals surface area contributed by atoms with Gasteiger partial charge in [0.15, 0.2) is 5.78 Å². The molecule has 0 N–H and O–H groups in total. The minimum absolute atomic E-state index is 0.120. The van der Waals surface area contributed by atoms with Crippen molar-refractivity contribution in [1.29, 1.82) is 0 Å². The van der Waals surface area contributed by atoms with Crippen LogP contribution in [0.2, 0.25) is 0 Å². The fourth-order valence-corrected chi connectivity index (χ4v) is 0.904. The second kappa shape index (κ2) is 3.86. The molecule has 1 saturated carbocycles. The standard InChI is InChI=1S/C9H16O2/c1-7(2)9(10)6-11-8-4-3-5-8/h7-8H,3-6H2,1-2H3. The van der Waals surface area contributed by atoms with Crippen LogP contribution in [0.3, 0.4) is 0 Å². The molecule has 0 radical (unpaired) electrons. The van der Waals surface area contributed by atoms with Crippen LogP contribution < -0.4 is 0 Å². The second-order valence-electron chi connectivity index (χ2n) is 3.48. The molecule has 1 rings (SSSR count). The van der Waals surface area contributed by atoms with Crippen LogP contribution in [0, 0.1) is 5.92 Å². The number of carbonyl (C=O) groups excluding carboxylic acids is 1. The zero-order chi connectivity index (χ0) is 8.27. The van der Waals surface area contributed by atoms with Crippen molar-refractivity contribution in [2.45, 2.75) is 39.2 Å². The SMILES string of the molecule is CC(C)C(=O)COC1CCC1. The van der Waals surface area contributed by atoms with E-state index in [1.165, 1.54) is 6.42 Å². The Bertz CT molecular complexity index is 136. The zero-order valence-electron chi connectivity index (χ0n) is 7.30. The lowest BCUT2D eigenvalue weighted by Gasteiger charge is -2.25. The van der Waals surface area contributed by atoms with Gasteiger partial charge in [-0.3, -0.25) is 4.79 Å². The normalized spacial score (nSPS) is 18.5. The summed E-state index contributed by atoms with van der Waals surface area (Å²) in [4.78, 5) is 11.1. The van der Waals surface area contributed by atoms with Crippen LogP contribution in [0.15, 0.2) is 0 Å². The molecule has 64 valence electrons. The van der Waals surface area contributed by atoms with Crippen molar-refractivity contribution in [2.75, 3.05) is 6.61 Å². The van der Waals surface area contributed by atoms with Gasteiger partial charge in [-0.05, 0) is 19.3 Å². The van der Waals surface area contributed by atoms with Gasteiger partial charge in [0.1, 0.15) is 6.61 Å². The maximum absolute atomic E-state index is 11.1. The molecule has 2 heteroatoms. The van der Waals surface area contributed by atoms with E-state index in [1.54, 1.807) is 0 Å². The number of ether oxygens (including phenoxy) is 1. The summed E-state index contributed by atoms with van der Waals surface area (Å²) in [6.45, 7) is 4.14. The van der Waals surface area contributed by atoms with Crippen LogP contribution in [0.4, 0.5) is 0 Å². The van der Waals surface area contributed by atoms with E-state index >= 15 is 0 Å². The fraction of sp³-hybridized carbons (Fsp3) is 0.889. The Morgan fingerprint density at radius 1 is 1.55 bits per heavy atom. The molecule has 0 amide bonds. The number of ketones is 1. The maximum atomic E-state index is 11.1. The lowest BCUT2D eigenvalue weighted by molar-refractivity contribution is -0.130. The van der Waals surface area contributed by atoms with Crippen molar-refractivity contribution in [2.24, 2.45) is 5.92 Å². The molecule has 0 atom stereocenters. The minimum atomic E-state index is 0.120. The Morgan fingerprint density at radius 3 is 2.55 bits per heavy atom. The molecule has 0 heterocycles. The van der Waals surface area contributed by atoms with E-state index in [4.69, 9.17) is 4.74 Å². The molecule has 1 fully saturated rings. The zero-order valence-corrected chi connectivity index (χ0v) is 7.30.